The van der Waals surface area contributed by atoms with Crippen molar-refractivity contribution in [3.05, 3.63) is 78.6 Å². The van der Waals surface area contributed by atoms with Gasteiger partial charge in [0.2, 0.25) is 11.8 Å². The third-order valence-corrected chi connectivity index (χ3v) is 7.36. The Morgan fingerprint density at radius 2 is 1.74 bits per heavy atom. The van der Waals surface area contributed by atoms with Crippen molar-refractivity contribution in [1.29, 1.82) is 0 Å². The number of anilines is 3. The summed E-state index contributed by atoms with van der Waals surface area (Å²) < 4.78 is 46.8. The summed E-state index contributed by atoms with van der Waals surface area (Å²) in [6.45, 7) is -0.0413. The Bertz CT molecular complexity index is 1350. The van der Waals surface area contributed by atoms with Gasteiger partial charge in [0.05, 0.1) is 29.1 Å². The minimum atomic E-state index is -4.26. The van der Waals surface area contributed by atoms with Crippen molar-refractivity contribution < 1.29 is 27.1 Å². The highest BCUT2D eigenvalue weighted by atomic mass is 32.2. The molecule has 0 atom stereocenters. The number of rotatable bonds is 8. The molecule has 0 spiro atoms. The minimum Gasteiger partial charge on any atom is -0.495 e. The van der Waals surface area contributed by atoms with Crippen molar-refractivity contribution in [2.45, 2.75) is 17.7 Å². The van der Waals surface area contributed by atoms with E-state index in [0.29, 0.717) is 24.3 Å². The van der Waals surface area contributed by atoms with Crippen molar-refractivity contribution in [1.82, 2.24) is 0 Å². The molecule has 35 heavy (non-hydrogen) atoms. The van der Waals surface area contributed by atoms with Crippen LogP contribution in [0.1, 0.15) is 12.8 Å². The minimum absolute atomic E-state index is 0.0405. The van der Waals surface area contributed by atoms with Crippen LogP contribution in [0.4, 0.5) is 21.5 Å². The Kier molecular flexibility index (Phi) is 7.02. The zero-order valence-corrected chi connectivity index (χ0v) is 19.8. The molecule has 1 N–H and O–H groups in total. The smallest absolute Gasteiger partial charge is 0.264 e. The van der Waals surface area contributed by atoms with Crippen LogP contribution in [0.3, 0.4) is 0 Å². The van der Waals surface area contributed by atoms with E-state index in [1.54, 1.807) is 47.4 Å². The molecule has 1 saturated heterocycles. The fraction of sp³-hybridized carbons (Fsp3) is 0.200. The van der Waals surface area contributed by atoms with E-state index in [1.165, 1.54) is 13.2 Å². The first-order valence-electron chi connectivity index (χ1n) is 10.9. The number of carbonyl (C=O) groups is 2. The summed E-state index contributed by atoms with van der Waals surface area (Å²) in [5, 5.41) is 2.74. The van der Waals surface area contributed by atoms with Gasteiger partial charge in [-0.05, 0) is 55.0 Å². The van der Waals surface area contributed by atoms with E-state index in [0.717, 1.165) is 35.0 Å². The van der Waals surface area contributed by atoms with Crippen LogP contribution in [0, 0.1) is 5.82 Å². The summed E-state index contributed by atoms with van der Waals surface area (Å²) in [6.07, 6.45) is 1.15. The number of benzene rings is 3. The Balaban J connectivity index is 1.68. The Morgan fingerprint density at radius 3 is 2.43 bits per heavy atom. The van der Waals surface area contributed by atoms with Crippen molar-refractivity contribution in [3.8, 4) is 5.75 Å². The normalized spacial score (nSPS) is 13.5. The number of para-hydroxylation sites is 4. The van der Waals surface area contributed by atoms with Crippen LogP contribution >= 0.6 is 0 Å². The molecule has 0 bridgehead atoms. The molecule has 1 heterocycles. The zero-order valence-electron chi connectivity index (χ0n) is 19.0. The molecule has 2 amide bonds. The van der Waals surface area contributed by atoms with Crippen molar-refractivity contribution in [2.75, 3.05) is 34.7 Å². The number of amides is 2. The van der Waals surface area contributed by atoms with E-state index in [9.17, 15) is 22.4 Å². The Labute approximate surface area is 203 Å². The molecular formula is C25H24FN3O5S. The van der Waals surface area contributed by atoms with E-state index >= 15 is 0 Å². The summed E-state index contributed by atoms with van der Waals surface area (Å²) in [6, 6.07) is 17.6. The number of sulfonamides is 1. The highest BCUT2D eigenvalue weighted by molar-refractivity contribution is 7.92. The van der Waals surface area contributed by atoms with Gasteiger partial charge in [-0.3, -0.25) is 13.9 Å². The second kappa shape index (κ2) is 10.1. The number of carbonyl (C=O) groups excluding carboxylic acids is 2. The number of nitrogens with one attached hydrogen (secondary N) is 1. The van der Waals surface area contributed by atoms with Crippen LogP contribution in [-0.4, -0.2) is 40.4 Å². The number of halogens is 1. The van der Waals surface area contributed by atoms with Gasteiger partial charge in [-0.1, -0.05) is 24.3 Å². The monoisotopic (exact) mass is 497 g/mol. The molecule has 3 aromatic rings. The van der Waals surface area contributed by atoms with Gasteiger partial charge >= 0.3 is 0 Å². The van der Waals surface area contributed by atoms with Gasteiger partial charge < -0.3 is 15.0 Å². The van der Waals surface area contributed by atoms with Crippen LogP contribution in [0.25, 0.3) is 0 Å². The molecule has 1 aliphatic heterocycles. The molecule has 1 aliphatic rings. The molecule has 4 rings (SSSR count). The lowest BCUT2D eigenvalue weighted by Crippen LogP contribution is -2.38. The first-order valence-corrected chi connectivity index (χ1v) is 12.4. The molecule has 3 aromatic carbocycles. The Morgan fingerprint density at radius 1 is 1.06 bits per heavy atom. The van der Waals surface area contributed by atoms with Crippen LogP contribution in [-0.2, 0) is 19.6 Å². The molecule has 0 unspecified atom stereocenters. The van der Waals surface area contributed by atoms with Crippen LogP contribution in [0.5, 0.6) is 5.75 Å². The van der Waals surface area contributed by atoms with E-state index in [-0.39, 0.29) is 22.2 Å². The average Bonchev–Trinajstić information content (AvgIpc) is 3.28. The fourth-order valence-electron chi connectivity index (χ4n) is 3.91. The first-order chi connectivity index (χ1) is 16.8. The second-order valence-electron chi connectivity index (χ2n) is 7.85. The molecule has 182 valence electrons. The average molecular weight is 498 g/mol. The largest absolute Gasteiger partial charge is 0.495 e. The maximum Gasteiger partial charge on any atom is 0.264 e. The van der Waals surface area contributed by atoms with Gasteiger partial charge in [-0.2, -0.15) is 0 Å². The van der Waals surface area contributed by atoms with E-state index < -0.39 is 28.3 Å². The van der Waals surface area contributed by atoms with Gasteiger partial charge in [0.1, 0.15) is 18.1 Å². The van der Waals surface area contributed by atoms with E-state index in [1.807, 2.05) is 0 Å². The number of ether oxygens (including phenoxy) is 1. The van der Waals surface area contributed by atoms with Crippen molar-refractivity contribution in [2.24, 2.45) is 0 Å². The second-order valence-corrected chi connectivity index (χ2v) is 9.71. The maximum atomic E-state index is 13.5. The highest BCUT2D eigenvalue weighted by Gasteiger charge is 2.30. The van der Waals surface area contributed by atoms with E-state index in [4.69, 9.17) is 4.74 Å². The lowest BCUT2D eigenvalue weighted by Gasteiger charge is -2.26. The third-order valence-electron chi connectivity index (χ3n) is 5.59. The molecular weight excluding hydrogens is 473 g/mol. The SMILES string of the molecule is COc1ccccc1N(CC(=O)Nc1ccccc1N1CCCC1=O)S(=O)(=O)c1ccc(F)cc1. The molecule has 1 fully saturated rings. The molecule has 10 heteroatoms. The van der Waals surface area contributed by atoms with Gasteiger partial charge in [0.25, 0.3) is 10.0 Å². The highest BCUT2D eigenvalue weighted by Crippen LogP contribution is 2.33. The third kappa shape index (κ3) is 5.12. The lowest BCUT2D eigenvalue weighted by atomic mass is 10.2. The summed E-state index contributed by atoms with van der Waals surface area (Å²) >= 11 is 0. The summed E-state index contributed by atoms with van der Waals surface area (Å²) in [7, 11) is -2.87. The van der Waals surface area contributed by atoms with E-state index in [2.05, 4.69) is 5.32 Å². The lowest BCUT2D eigenvalue weighted by molar-refractivity contribution is -0.117. The number of methoxy groups -OCH3 is 1. The molecule has 0 aromatic heterocycles. The van der Waals surface area contributed by atoms with Crippen LogP contribution in [0.15, 0.2) is 77.7 Å². The topological polar surface area (TPSA) is 96.0 Å². The standard InChI is InChI=1S/C25H24FN3O5S/c1-34-23-10-5-4-9-22(23)29(35(32,33)19-14-12-18(26)13-15-19)17-24(30)27-20-7-2-3-8-21(20)28-16-6-11-25(28)31/h2-5,7-10,12-15H,6,11,16-17H2,1H3,(H,27,30). The zero-order chi connectivity index (χ0) is 25.0. The number of hydrogen-bond donors (Lipinski definition) is 1. The molecule has 0 radical (unpaired) electrons. The summed E-state index contributed by atoms with van der Waals surface area (Å²) in [5.41, 5.74) is 1.10. The Hall–Kier alpha value is -3.92. The van der Waals surface area contributed by atoms with Gasteiger partial charge in [-0.15, -0.1) is 0 Å². The summed E-state index contributed by atoms with van der Waals surface area (Å²) in [5.74, 6) is -1.01. The predicted octanol–water partition coefficient (Wildman–Crippen LogP) is 3.80. The van der Waals surface area contributed by atoms with Gasteiger partial charge in [0, 0.05) is 13.0 Å². The maximum absolute atomic E-state index is 13.5. The van der Waals surface area contributed by atoms with Crippen molar-refractivity contribution in [3.63, 3.8) is 0 Å². The number of hydrogen-bond acceptors (Lipinski definition) is 5. The first kappa shape index (κ1) is 24.2. The van der Waals surface area contributed by atoms with Crippen LogP contribution < -0.4 is 19.3 Å². The van der Waals surface area contributed by atoms with Crippen LogP contribution in [0.2, 0.25) is 0 Å². The predicted molar refractivity (Wildman–Crippen MR) is 131 cm³/mol. The fourth-order valence-corrected chi connectivity index (χ4v) is 5.34. The molecule has 0 saturated carbocycles. The molecule has 0 aliphatic carbocycles. The summed E-state index contributed by atoms with van der Waals surface area (Å²) in [4.78, 5) is 26.8. The van der Waals surface area contributed by atoms with Gasteiger partial charge in [-0.25, -0.2) is 12.8 Å². The van der Waals surface area contributed by atoms with Gasteiger partial charge in [0.15, 0.2) is 0 Å². The van der Waals surface area contributed by atoms with Crippen molar-refractivity contribution >= 4 is 38.9 Å². The number of nitrogens with zero attached hydrogens (tertiary/aromatic N) is 2. The molecule has 8 nitrogen and oxygen atoms in total. The quantitative estimate of drug-likeness (QED) is 0.511.